The van der Waals surface area contributed by atoms with E-state index in [4.69, 9.17) is 4.74 Å². The van der Waals surface area contributed by atoms with Crippen molar-refractivity contribution in [1.82, 2.24) is 4.90 Å². The maximum absolute atomic E-state index is 11.6. The largest absolute Gasteiger partial charge is 0.480 e. The van der Waals surface area contributed by atoms with E-state index in [0.29, 0.717) is 13.0 Å². The fourth-order valence-electron chi connectivity index (χ4n) is 3.15. The Hall–Kier alpha value is -1.39. The molecular weight excluding hydrogens is 266 g/mol. The summed E-state index contributed by atoms with van der Waals surface area (Å²) in [6, 6.07) is 7.81. The van der Waals surface area contributed by atoms with E-state index in [0.717, 1.165) is 12.0 Å². The van der Waals surface area contributed by atoms with E-state index < -0.39 is 12.0 Å². The molecule has 1 aliphatic heterocycles. The van der Waals surface area contributed by atoms with Gasteiger partial charge in [0, 0.05) is 19.7 Å². The second-order valence-electron chi connectivity index (χ2n) is 6.52. The molecule has 1 heterocycles. The smallest absolute Gasteiger partial charge is 0.321 e. The molecule has 2 rings (SSSR count). The highest BCUT2D eigenvalue weighted by molar-refractivity contribution is 5.74. The Morgan fingerprint density at radius 1 is 1.43 bits per heavy atom. The zero-order valence-electron chi connectivity index (χ0n) is 13.3. The van der Waals surface area contributed by atoms with Crippen molar-refractivity contribution in [2.75, 3.05) is 7.11 Å². The van der Waals surface area contributed by atoms with Crippen LogP contribution in [0, 0.1) is 0 Å². The van der Waals surface area contributed by atoms with Crippen LogP contribution in [0.15, 0.2) is 24.3 Å². The Bertz CT molecular complexity index is 513. The van der Waals surface area contributed by atoms with Crippen LogP contribution in [0.5, 0.6) is 0 Å². The number of benzene rings is 1. The highest BCUT2D eigenvalue weighted by atomic mass is 16.5. The van der Waals surface area contributed by atoms with Gasteiger partial charge in [-0.1, -0.05) is 24.3 Å². The number of rotatable bonds is 5. The summed E-state index contributed by atoms with van der Waals surface area (Å²) < 4.78 is 5.49. The third-order valence-corrected chi connectivity index (χ3v) is 4.48. The second kappa shape index (κ2) is 6.16. The summed E-state index contributed by atoms with van der Waals surface area (Å²) in [7, 11) is 1.70. The molecule has 116 valence electrons. The predicted molar refractivity (Wildman–Crippen MR) is 82.3 cm³/mol. The number of hydrogen-bond acceptors (Lipinski definition) is 3. The molecule has 4 heteroatoms. The van der Waals surface area contributed by atoms with Crippen molar-refractivity contribution in [2.45, 2.75) is 57.8 Å². The molecule has 0 spiro atoms. The first-order valence-electron chi connectivity index (χ1n) is 7.44. The number of carbonyl (C=O) groups is 1. The van der Waals surface area contributed by atoms with E-state index in [1.54, 1.807) is 7.11 Å². The molecule has 0 saturated heterocycles. The van der Waals surface area contributed by atoms with Crippen molar-refractivity contribution in [1.29, 1.82) is 0 Å². The highest BCUT2D eigenvalue weighted by Gasteiger charge is 2.36. The third kappa shape index (κ3) is 3.63. The quantitative estimate of drug-likeness (QED) is 0.906. The molecule has 1 aromatic carbocycles. The third-order valence-electron chi connectivity index (χ3n) is 4.48. The van der Waals surface area contributed by atoms with Crippen LogP contribution in [0.4, 0.5) is 0 Å². The fraction of sp³-hybridized carbons (Fsp3) is 0.588. The van der Waals surface area contributed by atoms with E-state index in [9.17, 15) is 9.90 Å². The number of carboxylic acid groups (broad SMARTS) is 1. The van der Waals surface area contributed by atoms with Crippen molar-refractivity contribution >= 4 is 5.97 Å². The predicted octanol–water partition coefficient (Wildman–Crippen LogP) is 2.70. The van der Waals surface area contributed by atoms with Crippen LogP contribution in [-0.2, 0) is 22.5 Å². The average molecular weight is 291 g/mol. The maximum Gasteiger partial charge on any atom is 0.321 e. The molecule has 0 aromatic heterocycles. The van der Waals surface area contributed by atoms with Gasteiger partial charge in [0.25, 0.3) is 0 Å². The van der Waals surface area contributed by atoms with Crippen LogP contribution in [0.2, 0.25) is 0 Å². The normalized spacial score (nSPS) is 20.9. The molecule has 2 atom stereocenters. The molecule has 0 bridgehead atoms. The van der Waals surface area contributed by atoms with E-state index in [2.05, 4.69) is 17.9 Å². The zero-order chi connectivity index (χ0) is 15.6. The molecule has 0 fully saturated rings. The van der Waals surface area contributed by atoms with Crippen LogP contribution < -0.4 is 0 Å². The van der Waals surface area contributed by atoms with Crippen LogP contribution in [0.25, 0.3) is 0 Å². The first-order chi connectivity index (χ1) is 9.84. The molecule has 0 amide bonds. The summed E-state index contributed by atoms with van der Waals surface area (Å²) in [5.74, 6) is -0.744. The van der Waals surface area contributed by atoms with Gasteiger partial charge >= 0.3 is 5.97 Å². The lowest BCUT2D eigenvalue weighted by Gasteiger charge is -2.41. The summed E-state index contributed by atoms with van der Waals surface area (Å²) in [6.07, 6.45) is 1.37. The van der Waals surface area contributed by atoms with Gasteiger partial charge in [0.05, 0.1) is 5.60 Å². The Balaban J connectivity index is 2.22. The minimum Gasteiger partial charge on any atom is -0.480 e. The van der Waals surface area contributed by atoms with Crippen molar-refractivity contribution in [3.8, 4) is 0 Å². The number of ether oxygens (including phenoxy) is 1. The summed E-state index contributed by atoms with van der Waals surface area (Å²) in [5, 5.41) is 9.57. The molecule has 4 nitrogen and oxygen atoms in total. The SMILES string of the molecule is COC(C)(C)CC(C)N1Cc2ccccc2CC1C(=O)O. The lowest BCUT2D eigenvalue weighted by Crippen LogP contribution is -2.51. The number of carboxylic acids is 1. The Labute approximate surface area is 126 Å². The first-order valence-corrected chi connectivity index (χ1v) is 7.44. The van der Waals surface area contributed by atoms with E-state index in [1.807, 2.05) is 32.0 Å². The van der Waals surface area contributed by atoms with Gasteiger partial charge in [-0.15, -0.1) is 0 Å². The zero-order valence-corrected chi connectivity index (χ0v) is 13.3. The Morgan fingerprint density at radius 3 is 2.62 bits per heavy atom. The molecule has 1 aliphatic rings. The van der Waals surface area contributed by atoms with Crippen molar-refractivity contribution < 1.29 is 14.6 Å². The lowest BCUT2D eigenvalue weighted by atomic mass is 9.90. The van der Waals surface area contributed by atoms with Gasteiger partial charge < -0.3 is 9.84 Å². The molecule has 1 aromatic rings. The number of hydrogen-bond donors (Lipinski definition) is 1. The summed E-state index contributed by atoms with van der Waals surface area (Å²) in [4.78, 5) is 13.7. The van der Waals surface area contributed by atoms with E-state index in [1.165, 1.54) is 5.56 Å². The van der Waals surface area contributed by atoms with Gasteiger partial charge in [-0.3, -0.25) is 9.69 Å². The number of aliphatic carboxylic acids is 1. The van der Waals surface area contributed by atoms with Gasteiger partial charge in [0.2, 0.25) is 0 Å². The average Bonchev–Trinajstić information content (AvgIpc) is 2.45. The Morgan fingerprint density at radius 2 is 2.05 bits per heavy atom. The Kier molecular flexibility index (Phi) is 4.69. The van der Waals surface area contributed by atoms with Crippen molar-refractivity contribution in [3.63, 3.8) is 0 Å². The summed E-state index contributed by atoms with van der Waals surface area (Å²) in [5.41, 5.74) is 2.14. The van der Waals surface area contributed by atoms with Gasteiger partial charge in [0.15, 0.2) is 0 Å². The molecular formula is C17H25NO3. The second-order valence-corrected chi connectivity index (χ2v) is 6.52. The fourth-order valence-corrected chi connectivity index (χ4v) is 3.15. The van der Waals surface area contributed by atoms with Crippen LogP contribution >= 0.6 is 0 Å². The standard InChI is InChI=1S/C17H25NO3/c1-12(10-17(2,3)21-4)18-11-14-8-6-5-7-13(14)9-15(18)16(19)20/h5-8,12,15H,9-11H2,1-4H3,(H,19,20). The van der Waals surface area contributed by atoms with Crippen LogP contribution in [-0.4, -0.2) is 40.8 Å². The molecule has 0 saturated carbocycles. The van der Waals surface area contributed by atoms with Gasteiger partial charge in [-0.2, -0.15) is 0 Å². The van der Waals surface area contributed by atoms with Crippen LogP contribution in [0.1, 0.15) is 38.3 Å². The number of nitrogens with zero attached hydrogens (tertiary/aromatic N) is 1. The van der Waals surface area contributed by atoms with Gasteiger partial charge in [-0.05, 0) is 44.7 Å². The topological polar surface area (TPSA) is 49.8 Å². The molecule has 0 radical (unpaired) electrons. The lowest BCUT2D eigenvalue weighted by molar-refractivity contribution is -0.145. The van der Waals surface area contributed by atoms with E-state index >= 15 is 0 Å². The van der Waals surface area contributed by atoms with Gasteiger partial charge in [-0.25, -0.2) is 0 Å². The minimum absolute atomic E-state index is 0.148. The molecule has 0 aliphatic carbocycles. The van der Waals surface area contributed by atoms with E-state index in [-0.39, 0.29) is 11.6 Å². The van der Waals surface area contributed by atoms with Crippen molar-refractivity contribution in [3.05, 3.63) is 35.4 Å². The first kappa shape index (κ1) is 16.0. The molecule has 2 unspecified atom stereocenters. The minimum atomic E-state index is -0.744. The monoisotopic (exact) mass is 291 g/mol. The maximum atomic E-state index is 11.6. The highest BCUT2D eigenvalue weighted by Crippen LogP contribution is 2.28. The number of methoxy groups -OCH3 is 1. The number of fused-ring (bicyclic) bond motifs is 1. The molecule has 21 heavy (non-hydrogen) atoms. The summed E-state index contributed by atoms with van der Waals surface area (Å²) in [6.45, 7) is 6.85. The molecule has 1 N–H and O–H groups in total. The van der Waals surface area contributed by atoms with Gasteiger partial charge in [0.1, 0.15) is 6.04 Å². The van der Waals surface area contributed by atoms with Crippen molar-refractivity contribution in [2.24, 2.45) is 0 Å². The summed E-state index contributed by atoms with van der Waals surface area (Å²) >= 11 is 0. The van der Waals surface area contributed by atoms with Crippen LogP contribution in [0.3, 0.4) is 0 Å².